The van der Waals surface area contributed by atoms with Crippen molar-refractivity contribution in [2.24, 2.45) is 0 Å². The van der Waals surface area contributed by atoms with Gasteiger partial charge in [-0.25, -0.2) is 0 Å². The molecule has 0 aliphatic carbocycles. The van der Waals surface area contributed by atoms with Crippen LogP contribution in [0.5, 0.6) is 0 Å². The first-order valence-corrected chi connectivity index (χ1v) is 18.7. The van der Waals surface area contributed by atoms with Crippen LogP contribution >= 0.6 is 23.2 Å². The second-order valence-electron chi connectivity index (χ2n) is 14.5. The van der Waals surface area contributed by atoms with Gasteiger partial charge in [0.1, 0.15) is 11.6 Å². The first-order valence-electron chi connectivity index (χ1n) is 18.0. The minimum Gasteiger partial charge on any atom is -0.459 e. The minimum atomic E-state index is -0.499. The number of hydrogen-bond donors (Lipinski definition) is 2. The van der Waals surface area contributed by atoms with Crippen LogP contribution in [-0.2, 0) is 22.6 Å². The molecule has 0 saturated carbocycles. The number of nitrogens with zero attached hydrogens (tertiary/aromatic N) is 4. The van der Waals surface area contributed by atoms with Gasteiger partial charge in [0.15, 0.2) is 11.5 Å². The fourth-order valence-corrected chi connectivity index (χ4v) is 7.61. The number of aliphatic hydroxyl groups excluding tert-OH is 1. The van der Waals surface area contributed by atoms with E-state index in [9.17, 15) is 4.79 Å². The van der Waals surface area contributed by atoms with E-state index in [-0.39, 0.29) is 18.6 Å². The third-order valence-electron chi connectivity index (χ3n) is 9.53. The molecule has 0 radical (unpaired) electrons. The highest BCUT2D eigenvalue weighted by atomic mass is 35.5. The smallest absolute Gasteiger partial charge is 0.323 e. The van der Waals surface area contributed by atoms with Crippen LogP contribution in [0.1, 0.15) is 44.7 Å². The fourth-order valence-electron chi connectivity index (χ4n) is 6.94. The molecule has 10 heteroatoms. The van der Waals surface area contributed by atoms with E-state index < -0.39 is 5.60 Å². The third-order valence-corrected chi connectivity index (χ3v) is 10.3. The number of nitrogens with one attached hydrogen (secondary N) is 1. The lowest BCUT2D eigenvalue weighted by Crippen LogP contribution is -2.40. The average Bonchev–Trinajstić information content (AvgIpc) is 3.79. The number of likely N-dealkylation sites (tertiary alicyclic amines) is 1. The fraction of sp³-hybridized carbons (Fsp3) is 0.279. The van der Waals surface area contributed by atoms with Crippen LogP contribution in [0.4, 0.5) is 0 Å². The predicted molar refractivity (Wildman–Crippen MR) is 213 cm³/mol. The van der Waals surface area contributed by atoms with Gasteiger partial charge < -0.3 is 15.2 Å². The van der Waals surface area contributed by atoms with Crippen molar-refractivity contribution in [3.8, 4) is 44.8 Å². The summed E-state index contributed by atoms with van der Waals surface area (Å²) in [5.74, 6) is 0.595. The van der Waals surface area contributed by atoms with Crippen molar-refractivity contribution in [1.82, 2.24) is 24.8 Å². The number of carbonyl (C=O) groups excluding carboxylic acids is 1. The van der Waals surface area contributed by atoms with Gasteiger partial charge in [0.2, 0.25) is 0 Å². The summed E-state index contributed by atoms with van der Waals surface area (Å²) in [6.45, 7) is 8.63. The van der Waals surface area contributed by atoms with Crippen molar-refractivity contribution >= 4 is 34.8 Å². The van der Waals surface area contributed by atoms with Gasteiger partial charge in [-0.2, -0.15) is 0 Å². The van der Waals surface area contributed by atoms with Crippen LogP contribution in [0.2, 0.25) is 10.0 Å². The Labute approximate surface area is 320 Å². The molecule has 0 spiro atoms. The van der Waals surface area contributed by atoms with Crippen molar-refractivity contribution in [2.45, 2.75) is 58.3 Å². The molecule has 8 nitrogen and oxygen atoms in total. The number of aliphatic hydroxyl groups is 1. The molecule has 1 aliphatic rings. The first-order chi connectivity index (χ1) is 25.6. The Morgan fingerprint density at radius 1 is 0.830 bits per heavy atom. The molecule has 1 atom stereocenters. The quantitative estimate of drug-likeness (QED) is 0.101. The number of benzene rings is 4. The highest BCUT2D eigenvalue weighted by molar-refractivity contribution is 6.39. The van der Waals surface area contributed by atoms with Gasteiger partial charge in [0.05, 0.1) is 16.7 Å². The van der Waals surface area contributed by atoms with Crippen LogP contribution in [0.25, 0.3) is 50.4 Å². The van der Waals surface area contributed by atoms with Gasteiger partial charge in [-0.15, -0.1) is 10.2 Å². The number of fused-ring (bicyclic) bond motifs is 1. The lowest BCUT2D eigenvalue weighted by Gasteiger charge is -2.27. The van der Waals surface area contributed by atoms with E-state index in [1.54, 1.807) is 0 Å². The summed E-state index contributed by atoms with van der Waals surface area (Å²) in [5.41, 5.74) is 8.82. The molecule has 53 heavy (non-hydrogen) atoms. The average molecular weight is 749 g/mol. The van der Waals surface area contributed by atoms with Crippen LogP contribution in [-0.4, -0.2) is 61.9 Å². The van der Waals surface area contributed by atoms with Crippen molar-refractivity contribution in [1.29, 1.82) is 0 Å². The van der Waals surface area contributed by atoms with Crippen LogP contribution < -0.4 is 5.32 Å². The molecule has 3 heterocycles. The van der Waals surface area contributed by atoms with E-state index in [2.05, 4.69) is 68.9 Å². The molecule has 0 unspecified atom stereocenters. The highest BCUT2D eigenvalue weighted by Crippen LogP contribution is 2.42. The summed E-state index contributed by atoms with van der Waals surface area (Å²) < 4.78 is 7.66. The van der Waals surface area contributed by atoms with Crippen molar-refractivity contribution in [3.63, 3.8) is 0 Å². The molecule has 2 N–H and O–H groups in total. The number of ether oxygens (including phenoxy) is 1. The van der Waals surface area contributed by atoms with Gasteiger partial charge in [0.25, 0.3) is 0 Å². The molecule has 0 bridgehead atoms. The number of esters is 1. The Kier molecular flexibility index (Phi) is 11.0. The summed E-state index contributed by atoms with van der Waals surface area (Å²) in [6, 6.07) is 32.4. The molecule has 6 aromatic rings. The Bertz CT molecular complexity index is 2230. The normalized spacial score (nSPS) is 14.9. The molecule has 0 amide bonds. The zero-order chi connectivity index (χ0) is 37.1. The number of carbonyl (C=O) groups is 1. The molecule has 1 saturated heterocycles. The van der Waals surface area contributed by atoms with Gasteiger partial charge in [-0.05, 0) is 74.5 Å². The lowest BCUT2D eigenvalue weighted by atomic mass is 9.95. The second-order valence-corrected chi connectivity index (χ2v) is 15.2. The number of pyridine rings is 1. The Morgan fingerprint density at radius 3 is 2.11 bits per heavy atom. The Balaban J connectivity index is 1.09. The second kappa shape index (κ2) is 15.8. The van der Waals surface area contributed by atoms with E-state index >= 15 is 0 Å². The van der Waals surface area contributed by atoms with Crippen molar-refractivity contribution < 1.29 is 14.6 Å². The molecular weight excluding hydrogens is 705 g/mol. The van der Waals surface area contributed by atoms with Gasteiger partial charge in [-0.1, -0.05) is 108 Å². The molecule has 2 aromatic heterocycles. The molecule has 7 rings (SSSR count). The van der Waals surface area contributed by atoms with Crippen LogP contribution in [0.3, 0.4) is 0 Å². The zero-order valence-electron chi connectivity index (χ0n) is 30.2. The summed E-state index contributed by atoms with van der Waals surface area (Å²) in [7, 11) is 0. The SMILES string of the molecule is CC(C)(C)OC(=O)[C@H]1CCCN1Cc1ccc(-c2nnc3cc(-c4cccc(-c5cccc(-c6ccc(CNCCO)cc6)c5Cl)c4Cl)ccn23)cc1. The standard InChI is InChI=1S/C43H43Cl2N5O3/c1-43(2,3)53-42(52)37-11-6-22-49(37)27-29-14-18-31(19-15-29)41-48-47-38-25-32(20-23-50(38)41)34-8-5-10-36(40(34)45)35-9-4-7-33(39(35)44)30-16-12-28(13-17-30)26-46-21-24-51/h4-5,7-10,12-20,23,25,37,46,51H,6,11,21-22,24,26-27H2,1-3H3/t37-/m1/s1. The number of aromatic nitrogens is 3. The van der Waals surface area contributed by atoms with E-state index in [0.717, 1.165) is 75.3 Å². The maximum absolute atomic E-state index is 12.8. The topological polar surface area (TPSA) is 92.0 Å². The summed E-state index contributed by atoms with van der Waals surface area (Å²) in [6.07, 6.45) is 3.77. The van der Waals surface area contributed by atoms with Gasteiger partial charge in [0, 0.05) is 53.6 Å². The third kappa shape index (κ3) is 8.17. The molecular formula is C43H43Cl2N5O3. The Morgan fingerprint density at radius 2 is 1.45 bits per heavy atom. The number of hydrogen-bond acceptors (Lipinski definition) is 7. The number of halogens is 2. The maximum Gasteiger partial charge on any atom is 0.323 e. The van der Waals surface area contributed by atoms with Gasteiger partial charge >= 0.3 is 5.97 Å². The monoisotopic (exact) mass is 747 g/mol. The summed E-state index contributed by atoms with van der Waals surface area (Å²) >= 11 is 14.2. The van der Waals surface area contributed by atoms with Crippen LogP contribution in [0.15, 0.2) is 103 Å². The summed E-state index contributed by atoms with van der Waals surface area (Å²) in [4.78, 5) is 15.0. The molecule has 1 aliphatic heterocycles. The van der Waals surface area contributed by atoms with Gasteiger partial charge in [-0.3, -0.25) is 14.1 Å². The van der Waals surface area contributed by atoms with E-state index in [1.165, 1.54) is 0 Å². The lowest BCUT2D eigenvalue weighted by molar-refractivity contribution is -0.160. The number of rotatable bonds is 11. The summed E-state index contributed by atoms with van der Waals surface area (Å²) in [5, 5.41) is 22.5. The minimum absolute atomic E-state index is 0.109. The molecule has 4 aromatic carbocycles. The predicted octanol–water partition coefficient (Wildman–Crippen LogP) is 9.09. The Hall–Kier alpha value is -4.57. The molecule has 1 fully saturated rings. The van der Waals surface area contributed by atoms with Crippen molar-refractivity contribution in [3.05, 3.63) is 124 Å². The van der Waals surface area contributed by atoms with Crippen LogP contribution in [0, 0.1) is 0 Å². The van der Waals surface area contributed by atoms with E-state index in [4.69, 9.17) is 33.0 Å². The van der Waals surface area contributed by atoms with Crippen molar-refractivity contribution in [2.75, 3.05) is 19.7 Å². The van der Waals surface area contributed by atoms with E-state index in [1.807, 2.05) is 79.9 Å². The highest BCUT2D eigenvalue weighted by Gasteiger charge is 2.34. The largest absolute Gasteiger partial charge is 0.459 e. The maximum atomic E-state index is 12.8. The molecule has 272 valence electrons. The first kappa shape index (κ1) is 36.8. The zero-order valence-corrected chi connectivity index (χ0v) is 31.7. The van der Waals surface area contributed by atoms with E-state index in [0.29, 0.717) is 35.3 Å².